The molecule has 0 spiro atoms. The third-order valence-electron chi connectivity index (χ3n) is 2.55. The molecule has 0 aromatic heterocycles. The highest BCUT2D eigenvalue weighted by Crippen LogP contribution is 2.21. The average Bonchev–Trinajstić information content (AvgIpc) is 2.49. The molecular weight excluding hydrogens is 340 g/mol. The van der Waals surface area contributed by atoms with Crippen LogP contribution in [0.15, 0.2) is 58.6 Å². The van der Waals surface area contributed by atoms with Crippen LogP contribution in [0, 0.1) is 0 Å². The summed E-state index contributed by atoms with van der Waals surface area (Å²) in [4.78, 5) is 10.8. The molecule has 0 amide bonds. The number of hydrogen-bond acceptors (Lipinski definition) is 2. The van der Waals surface area contributed by atoms with Gasteiger partial charge in [0.15, 0.2) is 5.78 Å². The Morgan fingerprint density at radius 1 is 1.23 bits per heavy atom. The summed E-state index contributed by atoms with van der Waals surface area (Å²) in [6, 6.07) is 4.76. The van der Waals surface area contributed by atoms with E-state index in [0.29, 0.717) is 5.56 Å². The van der Waals surface area contributed by atoms with Gasteiger partial charge in [-0.15, -0.1) is 0 Å². The second-order valence-corrected chi connectivity index (χ2v) is 5.29. The Morgan fingerprint density at radius 2 is 1.77 bits per heavy atom. The van der Waals surface area contributed by atoms with Gasteiger partial charge in [0.1, 0.15) is 5.75 Å². The molecule has 0 unspecified atom stereocenters. The molecule has 0 aliphatic carbocycles. The lowest BCUT2D eigenvalue weighted by molar-refractivity contribution is 0.101. The summed E-state index contributed by atoms with van der Waals surface area (Å²) in [5.41, 5.74) is 2.72. The number of carbonyl (C=O) groups excluding carboxylic acids is 1. The monoisotopic (exact) mass is 366 g/mol. The van der Waals surface area contributed by atoms with Crippen molar-refractivity contribution in [3.05, 3.63) is 64.2 Å². The fourth-order valence-electron chi connectivity index (χ4n) is 1.17. The fourth-order valence-corrected chi connectivity index (χ4v) is 1.53. The van der Waals surface area contributed by atoms with Crippen molar-refractivity contribution in [2.75, 3.05) is 0 Å². The van der Waals surface area contributed by atoms with Crippen molar-refractivity contribution in [1.29, 1.82) is 0 Å². The van der Waals surface area contributed by atoms with Crippen LogP contribution in [-0.2, 0) is 0 Å². The molecule has 0 heterocycles. The number of phenolic OH excluding ortho intramolecular Hbond substituents is 1. The molecule has 2 nitrogen and oxygen atoms in total. The van der Waals surface area contributed by atoms with Gasteiger partial charge >= 0.3 is 0 Å². The molecule has 0 radical (unpaired) electrons. The molecule has 22 heavy (non-hydrogen) atoms. The lowest BCUT2D eigenvalue weighted by atomic mass is 10.1. The van der Waals surface area contributed by atoms with Crippen LogP contribution in [-0.4, -0.2) is 10.9 Å². The Balaban J connectivity index is 0. The van der Waals surface area contributed by atoms with Crippen LogP contribution < -0.4 is 0 Å². The number of Topliss-reactive ketones (excluding diaryl/α,β-unsaturated/α-hetero) is 1. The highest BCUT2D eigenvalue weighted by Gasteiger charge is 2.05. The van der Waals surface area contributed by atoms with Gasteiger partial charge in [0.05, 0.1) is 5.56 Å². The molecule has 1 aromatic carbocycles. The molecule has 0 saturated carbocycles. The van der Waals surface area contributed by atoms with Gasteiger partial charge < -0.3 is 5.11 Å². The maximum atomic E-state index is 10.8. The van der Waals surface area contributed by atoms with Crippen molar-refractivity contribution in [2.45, 2.75) is 41.5 Å². The summed E-state index contributed by atoms with van der Waals surface area (Å²) in [6.45, 7) is 15.3. The second-order valence-electron chi connectivity index (χ2n) is 4.37. The van der Waals surface area contributed by atoms with Crippen LogP contribution in [0.4, 0.5) is 0 Å². The minimum absolute atomic E-state index is 0.0284. The number of hydrogen-bond donors (Lipinski definition) is 1. The number of allylic oxidation sites excluding steroid dienone is 5. The molecule has 1 aromatic rings. The molecule has 0 saturated heterocycles. The number of rotatable bonds is 3. The Kier molecular flexibility index (Phi) is 13.5. The Morgan fingerprint density at radius 3 is 2.14 bits per heavy atom. The molecule has 0 fully saturated rings. The number of carbonyl (C=O) groups is 1. The first-order valence-electron chi connectivity index (χ1n) is 7.24. The molecule has 1 N–H and O–H groups in total. The lowest BCUT2D eigenvalue weighted by Crippen LogP contribution is -1.91. The van der Waals surface area contributed by atoms with E-state index in [9.17, 15) is 4.79 Å². The van der Waals surface area contributed by atoms with E-state index in [-0.39, 0.29) is 11.5 Å². The third-order valence-corrected chi connectivity index (χ3v) is 3.04. The summed E-state index contributed by atoms with van der Waals surface area (Å²) < 4.78 is 0.792. The molecule has 0 bridgehead atoms. The van der Waals surface area contributed by atoms with Gasteiger partial charge in [0.2, 0.25) is 0 Å². The summed E-state index contributed by atoms with van der Waals surface area (Å²) >= 11 is 3.20. The van der Waals surface area contributed by atoms with Gasteiger partial charge in [-0.3, -0.25) is 4.79 Å². The number of benzene rings is 1. The van der Waals surface area contributed by atoms with Crippen molar-refractivity contribution < 1.29 is 9.90 Å². The van der Waals surface area contributed by atoms with E-state index in [1.165, 1.54) is 18.6 Å². The molecule has 122 valence electrons. The predicted octanol–water partition coefficient (Wildman–Crippen LogP) is 6.47. The third kappa shape index (κ3) is 10.2. The molecule has 0 atom stereocenters. The van der Waals surface area contributed by atoms with E-state index in [0.717, 1.165) is 10.0 Å². The zero-order valence-corrected chi connectivity index (χ0v) is 16.0. The molecule has 3 heteroatoms. The minimum Gasteiger partial charge on any atom is -0.507 e. The maximum absolute atomic E-state index is 10.8. The second kappa shape index (κ2) is 13.1. The number of phenols is 1. The summed E-state index contributed by atoms with van der Waals surface area (Å²) in [6.07, 6.45) is 6.08. The van der Waals surface area contributed by atoms with E-state index >= 15 is 0 Å². The SMILES string of the molecule is C=C(C)/C(C)=C/C=C\C.CC.CC(=O)c1cc(Br)ccc1O. The van der Waals surface area contributed by atoms with Gasteiger partial charge in [-0.1, -0.05) is 60.2 Å². The zero-order chi connectivity index (χ0) is 17.7. The Labute approximate surface area is 143 Å². The van der Waals surface area contributed by atoms with Crippen LogP contribution in [0.2, 0.25) is 0 Å². The standard InChI is InChI=1S/C9H14.C8H7BrO2.C2H6/c1-5-6-7-9(4)8(2)3;1-5(10)7-4-6(9)2-3-8(7)11;1-2/h5-7H,2H2,1,3-4H3;2-4,11H,1H3;1-2H3/b6-5-,9-7+;;. The Bertz CT molecular complexity index is 540. The van der Waals surface area contributed by atoms with Crippen molar-refractivity contribution in [3.8, 4) is 5.75 Å². The van der Waals surface area contributed by atoms with Gasteiger partial charge in [-0.25, -0.2) is 0 Å². The summed E-state index contributed by atoms with van der Waals surface area (Å²) in [7, 11) is 0. The van der Waals surface area contributed by atoms with E-state index < -0.39 is 0 Å². The maximum Gasteiger partial charge on any atom is 0.163 e. The van der Waals surface area contributed by atoms with Crippen molar-refractivity contribution in [1.82, 2.24) is 0 Å². The van der Waals surface area contributed by atoms with Crippen LogP contribution in [0.3, 0.4) is 0 Å². The topological polar surface area (TPSA) is 37.3 Å². The summed E-state index contributed by atoms with van der Waals surface area (Å²) in [5, 5.41) is 9.16. The van der Waals surface area contributed by atoms with Crippen molar-refractivity contribution in [3.63, 3.8) is 0 Å². The normalized spacial score (nSPS) is 10.2. The molecule has 0 aliphatic heterocycles. The zero-order valence-electron chi connectivity index (χ0n) is 14.4. The van der Waals surface area contributed by atoms with Crippen LogP contribution in [0.25, 0.3) is 0 Å². The van der Waals surface area contributed by atoms with E-state index in [2.05, 4.69) is 35.5 Å². The van der Waals surface area contributed by atoms with Crippen LogP contribution in [0.5, 0.6) is 5.75 Å². The highest BCUT2D eigenvalue weighted by atomic mass is 79.9. The van der Waals surface area contributed by atoms with Crippen LogP contribution in [0.1, 0.15) is 51.9 Å². The Hall–Kier alpha value is -1.61. The smallest absolute Gasteiger partial charge is 0.163 e. The minimum atomic E-state index is -0.135. The average molecular weight is 367 g/mol. The van der Waals surface area contributed by atoms with Crippen molar-refractivity contribution in [2.24, 2.45) is 0 Å². The van der Waals surface area contributed by atoms with Crippen LogP contribution >= 0.6 is 15.9 Å². The first-order valence-corrected chi connectivity index (χ1v) is 8.03. The quantitative estimate of drug-likeness (QED) is 0.491. The molecular formula is C19H27BrO2. The van der Waals surface area contributed by atoms with Gasteiger partial charge in [-0.05, 0) is 51.5 Å². The molecule has 0 aliphatic rings. The van der Waals surface area contributed by atoms with E-state index in [1.54, 1.807) is 12.1 Å². The van der Waals surface area contributed by atoms with Gasteiger partial charge in [-0.2, -0.15) is 0 Å². The van der Waals surface area contributed by atoms with Crippen molar-refractivity contribution >= 4 is 21.7 Å². The first kappa shape index (κ1) is 22.7. The lowest BCUT2D eigenvalue weighted by Gasteiger charge is -1.99. The number of ketones is 1. The first-order chi connectivity index (χ1) is 10.3. The van der Waals surface area contributed by atoms with Gasteiger partial charge in [0.25, 0.3) is 0 Å². The van der Waals surface area contributed by atoms with E-state index in [1.807, 2.05) is 39.8 Å². The number of halogens is 1. The van der Waals surface area contributed by atoms with E-state index in [4.69, 9.17) is 5.11 Å². The molecule has 1 rings (SSSR count). The van der Waals surface area contributed by atoms with Gasteiger partial charge in [0, 0.05) is 4.47 Å². The highest BCUT2D eigenvalue weighted by molar-refractivity contribution is 9.10. The number of aromatic hydroxyl groups is 1. The largest absolute Gasteiger partial charge is 0.507 e. The fraction of sp³-hybridized carbons (Fsp3) is 0.316. The predicted molar refractivity (Wildman–Crippen MR) is 101 cm³/mol. The summed E-state index contributed by atoms with van der Waals surface area (Å²) in [5.74, 6) is -0.107.